The Morgan fingerprint density at radius 3 is 2.14 bits per heavy atom. The van der Waals surface area contributed by atoms with Crippen molar-refractivity contribution < 1.29 is 14.2 Å². The molecule has 0 radical (unpaired) electrons. The Morgan fingerprint density at radius 2 is 1.62 bits per heavy atom. The highest BCUT2D eigenvalue weighted by Gasteiger charge is 2.12. The van der Waals surface area contributed by atoms with Crippen LogP contribution in [-0.2, 0) is 20.8 Å². The number of rotatable bonds is 10. The Hall–Kier alpha value is -1.48. The molecule has 1 aromatic heterocycles. The van der Waals surface area contributed by atoms with Gasteiger partial charge in [0.2, 0.25) is 0 Å². The van der Waals surface area contributed by atoms with Crippen molar-refractivity contribution in [2.75, 3.05) is 65.4 Å². The van der Waals surface area contributed by atoms with Gasteiger partial charge in [0.15, 0.2) is 0 Å². The molecule has 120 valence electrons. The molecule has 8 nitrogen and oxygen atoms in total. The Balaban J connectivity index is 2.99. The maximum absolute atomic E-state index is 5.19. The highest BCUT2D eigenvalue weighted by atomic mass is 16.5. The summed E-state index contributed by atoms with van der Waals surface area (Å²) in [6.07, 6.45) is 0. The Kier molecular flexibility index (Phi) is 7.91. The first-order chi connectivity index (χ1) is 10.1. The van der Waals surface area contributed by atoms with Gasteiger partial charge in [0.25, 0.3) is 0 Å². The molecule has 0 aliphatic carbocycles. The van der Waals surface area contributed by atoms with E-state index in [0.717, 1.165) is 11.6 Å². The average molecular weight is 299 g/mol. The fourth-order valence-corrected chi connectivity index (χ4v) is 1.69. The van der Waals surface area contributed by atoms with Crippen molar-refractivity contribution in [3.8, 4) is 0 Å². The predicted octanol–water partition coefficient (Wildman–Crippen LogP) is 0.250. The monoisotopic (exact) mass is 299 g/mol. The van der Waals surface area contributed by atoms with Crippen LogP contribution in [0.1, 0.15) is 5.82 Å². The van der Waals surface area contributed by atoms with Crippen molar-refractivity contribution in [2.45, 2.75) is 6.54 Å². The van der Waals surface area contributed by atoms with Gasteiger partial charge in [-0.15, -0.1) is 0 Å². The third-order valence-electron chi connectivity index (χ3n) is 2.63. The molecule has 0 bridgehead atoms. The SMILES string of the molecule is COCNCc1nc(N(C)C)cc(N(COC)COC)n1. The average Bonchev–Trinajstić information content (AvgIpc) is 2.47. The lowest BCUT2D eigenvalue weighted by Gasteiger charge is -2.23. The molecule has 0 saturated heterocycles. The molecule has 0 unspecified atom stereocenters. The van der Waals surface area contributed by atoms with Crippen LogP contribution < -0.4 is 15.1 Å². The van der Waals surface area contributed by atoms with Gasteiger partial charge < -0.3 is 24.0 Å². The molecule has 0 saturated carbocycles. The number of methoxy groups -OCH3 is 3. The molecular weight excluding hydrogens is 274 g/mol. The zero-order valence-corrected chi connectivity index (χ0v) is 13.4. The maximum Gasteiger partial charge on any atom is 0.146 e. The van der Waals surface area contributed by atoms with Crippen molar-refractivity contribution in [1.82, 2.24) is 15.3 Å². The lowest BCUT2D eigenvalue weighted by Crippen LogP contribution is -2.30. The third-order valence-corrected chi connectivity index (χ3v) is 2.63. The summed E-state index contributed by atoms with van der Waals surface area (Å²) in [5.41, 5.74) is 0. The van der Waals surface area contributed by atoms with Crippen LogP contribution in [0.5, 0.6) is 0 Å². The highest BCUT2D eigenvalue weighted by molar-refractivity contribution is 5.49. The van der Waals surface area contributed by atoms with Crippen LogP contribution >= 0.6 is 0 Å². The standard InChI is InChI=1S/C13H25N5O3/c1-17(2)12-6-13(18(9-20-4)10-21-5)16-11(15-12)7-14-8-19-3/h6,14H,7-10H2,1-5H3. The zero-order chi connectivity index (χ0) is 15.7. The molecule has 0 aromatic carbocycles. The fourth-order valence-electron chi connectivity index (χ4n) is 1.69. The molecule has 1 rings (SSSR count). The van der Waals surface area contributed by atoms with E-state index in [9.17, 15) is 0 Å². The molecule has 0 atom stereocenters. The first-order valence-electron chi connectivity index (χ1n) is 6.60. The van der Waals surface area contributed by atoms with E-state index in [1.165, 1.54) is 0 Å². The molecule has 8 heteroatoms. The second kappa shape index (κ2) is 9.46. The maximum atomic E-state index is 5.19. The molecule has 0 fully saturated rings. The molecule has 1 heterocycles. The van der Waals surface area contributed by atoms with Crippen molar-refractivity contribution in [1.29, 1.82) is 0 Å². The van der Waals surface area contributed by atoms with Crippen LogP contribution in [0.3, 0.4) is 0 Å². The van der Waals surface area contributed by atoms with Gasteiger partial charge in [0.1, 0.15) is 30.9 Å². The van der Waals surface area contributed by atoms with Crippen molar-refractivity contribution >= 4 is 11.6 Å². The second-order valence-electron chi connectivity index (χ2n) is 4.63. The molecule has 1 N–H and O–H groups in total. The van der Waals surface area contributed by atoms with Gasteiger partial charge in [-0.3, -0.25) is 5.32 Å². The minimum Gasteiger partial charge on any atom is -0.370 e. The van der Waals surface area contributed by atoms with E-state index in [1.54, 1.807) is 21.3 Å². The minimum absolute atomic E-state index is 0.392. The van der Waals surface area contributed by atoms with Crippen molar-refractivity contribution in [3.63, 3.8) is 0 Å². The summed E-state index contributed by atoms with van der Waals surface area (Å²) >= 11 is 0. The van der Waals surface area contributed by atoms with E-state index in [2.05, 4.69) is 15.3 Å². The first-order valence-corrected chi connectivity index (χ1v) is 6.60. The topological polar surface area (TPSA) is 72.0 Å². The first kappa shape index (κ1) is 17.6. The van der Waals surface area contributed by atoms with E-state index in [4.69, 9.17) is 14.2 Å². The molecule has 0 aliphatic heterocycles. The highest BCUT2D eigenvalue weighted by Crippen LogP contribution is 2.17. The predicted molar refractivity (Wildman–Crippen MR) is 81.3 cm³/mol. The van der Waals surface area contributed by atoms with Gasteiger partial charge in [-0.1, -0.05) is 0 Å². The molecule has 0 aliphatic rings. The lowest BCUT2D eigenvalue weighted by molar-refractivity contribution is 0.139. The van der Waals surface area contributed by atoms with E-state index < -0.39 is 0 Å². The Morgan fingerprint density at radius 1 is 1.00 bits per heavy atom. The normalized spacial score (nSPS) is 10.7. The summed E-state index contributed by atoms with van der Waals surface area (Å²) < 4.78 is 15.3. The van der Waals surface area contributed by atoms with Crippen LogP contribution in [-0.4, -0.2) is 65.6 Å². The minimum atomic E-state index is 0.392. The summed E-state index contributed by atoms with van der Waals surface area (Å²) in [6, 6.07) is 1.90. The van der Waals surface area contributed by atoms with Gasteiger partial charge in [-0.2, -0.15) is 0 Å². The van der Waals surface area contributed by atoms with Gasteiger partial charge >= 0.3 is 0 Å². The quantitative estimate of drug-likeness (QED) is 0.487. The van der Waals surface area contributed by atoms with Gasteiger partial charge in [-0.05, 0) is 0 Å². The van der Waals surface area contributed by atoms with E-state index in [-0.39, 0.29) is 0 Å². The van der Waals surface area contributed by atoms with Crippen LogP contribution in [0, 0.1) is 0 Å². The van der Waals surface area contributed by atoms with Crippen LogP contribution in [0.25, 0.3) is 0 Å². The number of nitrogens with zero attached hydrogens (tertiary/aromatic N) is 4. The third kappa shape index (κ3) is 5.80. The summed E-state index contributed by atoms with van der Waals surface area (Å²) in [6.45, 7) is 1.76. The number of anilines is 2. The largest absolute Gasteiger partial charge is 0.370 e. The number of aromatic nitrogens is 2. The molecule has 0 amide bonds. The molecule has 21 heavy (non-hydrogen) atoms. The number of nitrogens with one attached hydrogen (secondary N) is 1. The van der Waals surface area contributed by atoms with Crippen molar-refractivity contribution in [3.05, 3.63) is 11.9 Å². The van der Waals surface area contributed by atoms with Crippen LogP contribution in [0.15, 0.2) is 6.07 Å². The molecule has 0 spiro atoms. The summed E-state index contributed by atoms with van der Waals surface area (Å²) in [5, 5.41) is 3.10. The van der Waals surface area contributed by atoms with Gasteiger partial charge in [0, 0.05) is 41.5 Å². The van der Waals surface area contributed by atoms with E-state index in [1.807, 2.05) is 30.0 Å². The molecule has 1 aromatic rings. The van der Waals surface area contributed by atoms with Gasteiger partial charge in [0.05, 0.1) is 13.3 Å². The van der Waals surface area contributed by atoms with Crippen molar-refractivity contribution in [2.24, 2.45) is 0 Å². The summed E-state index contributed by atoms with van der Waals surface area (Å²) in [5.74, 6) is 2.27. The van der Waals surface area contributed by atoms with E-state index in [0.29, 0.717) is 32.6 Å². The number of ether oxygens (including phenoxy) is 3. The molecular formula is C13H25N5O3. The van der Waals surface area contributed by atoms with Crippen LogP contribution in [0.2, 0.25) is 0 Å². The number of hydrogen-bond donors (Lipinski definition) is 1. The van der Waals surface area contributed by atoms with E-state index >= 15 is 0 Å². The Labute approximate surface area is 126 Å². The number of hydrogen-bond acceptors (Lipinski definition) is 8. The summed E-state index contributed by atoms with van der Waals surface area (Å²) in [4.78, 5) is 12.8. The second-order valence-corrected chi connectivity index (χ2v) is 4.63. The lowest BCUT2D eigenvalue weighted by atomic mass is 10.4. The summed E-state index contributed by atoms with van der Waals surface area (Å²) in [7, 11) is 8.79. The zero-order valence-electron chi connectivity index (χ0n) is 13.4. The fraction of sp³-hybridized carbons (Fsp3) is 0.692. The van der Waals surface area contributed by atoms with Crippen LogP contribution in [0.4, 0.5) is 11.6 Å². The Bertz CT molecular complexity index is 411. The van der Waals surface area contributed by atoms with Gasteiger partial charge in [-0.25, -0.2) is 9.97 Å². The smallest absolute Gasteiger partial charge is 0.146 e.